The van der Waals surface area contributed by atoms with Gasteiger partial charge in [-0.25, -0.2) is 13.8 Å². The van der Waals surface area contributed by atoms with Gasteiger partial charge in [-0.1, -0.05) is 36.3 Å². The van der Waals surface area contributed by atoms with Crippen LogP contribution in [0.2, 0.25) is 0 Å². The van der Waals surface area contributed by atoms with Crippen LogP contribution < -0.4 is 0 Å². The van der Waals surface area contributed by atoms with Crippen LogP contribution in [0.3, 0.4) is 0 Å². The lowest BCUT2D eigenvalue weighted by Crippen LogP contribution is -2.34. The SMILES string of the molecule is C#Cc1cccc2cccc(-c3ncc(/C(=N\CO)N4CCCC(O)CC4)c(N=C)c3F)c12.C[C@@]12CCCN1CC(F)C2. The Morgan fingerprint density at radius 2 is 1.98 bits per heavy atom. The van der Waals surface area contributed by atoms with Crippen LogP contribution in [0.15, 0.2) is 52.6 Å². The molecule has 0 spiro atoms. The van der Waals surface area contributed by atoms with Crippen molar-refractivity contribution in [3.8, 4) is 23.6 Å². The van der Waals surface area contributed by atoms with Crippen molar-refractivity contribution < 1.29 is 19.0 Å². The number of amidine groups is 1. The summed E-state index contributed by atoms with van der Waals surface area (Å²) in [6.07, 6.45) is 11.5. The highest BCUT2D eigenvalue weighted by atomic mass is 19.1. The molecule has 7 nitrogen and oxygen atoms in total. The number of halogens is 2. The Bertz CT molecular complexity index is 1550. The molecule has 0 radical (unpaired) electrons. The molecule has 3 aliphatic heterocycles. The number of hydrogen-bond acceptors (Lipinski definition) is 6. The van der Waals surface area contributed by atoms with E-state index in [1.54, 1.807) is 6.07 Å². The van der Waals surface area contributed by atoms with E-state index in [0.29, 0.717) is 55.0 Å². The Labute approximate surface area is 252 Å². The molecule has 2 aromatic carbocycles. The maximum Gasteiger partial charge on any atom is 0.175 e. The quantitative estimate of drug-likeness (QED) is 0.240. The Morgan fingerprint density at radius 1 is 1.19 bits per heavy atom. The smallest absolute Gasteiger partial charge is 0.175 e. The predicted molar refractivity (Wildman–Crippen MR) is 168 cm³/mol. The van der Waals surface area contributed by atoms with Gasteiger partial charge in [0.05, 0.1) is 11.7 Å². The van der Waals surface area contributed by atoms with Gasteiger partial charge in [-0.15, -0.1) is 6.42 Å². The Morgan fingerprint density at radius 3 is 2.70 bits per heavy atom. The van der Waals surface area contributed by atoms with E-state index in [0.717, 1.165) is 30.2 Å². The molecule has 1 aromatic heterocycles. The monoisotopic (exact) mass is 587 g/mol. The number of alkyl halides is 1. The number of fused-ring (bicyclic) bond motifs is 2. The summed E-state index contributed by atoms with van der Waals surface area (Å²) in [7, 11) is 0. The predicted octanol–water partition coefficient (Wildman–Crippen LogP) is 5.48. The molecule has 43 heavy (non-hydrogen) atoms. The molecule has 4 heterocycles. The van der Waals surface area contributed by atoms with E-state index in [4.69, 9.17) is 6.42 Å². The van der Waals surface area contributed by atoms with Gasteiger partial charge in [-0.3, -0.25) is 14.9 Å². The largest absolute Gasteiger partial charge is 0.393 e. The summed E-state index contributed by atoms with van der Waals surface area (Å²) >= 11 is 0. The normalized spacial score (nSPS) is 24.2. The first-order chi connectivity index (χ1) is 20.8. The maximum absolute atomic E-state index is 15.9. The van der Waals surface area contributed by atoms with Crippen molar-refractivity contribution in [1.29, 1.82) is 0 Å². The minimum absolute atomic E-state index is 0.00665. The summed E-state index contributed by atoms with van der Waals surface area (Å²) in [5.74, 6) is 2.41. The number of pyridine rings is 1. The van der Waals surface area contributed by atoms with E-state index in [-0.39, 0.29) is 16.9 Å². The molecule has 3 saturated heterocycles. The lowest BCUT2D eigenvalue weighted by molar-refractivity contribution is 0.159. The zero-order valence-electron chi connectivity index (χ0n) is 24.6. The number of hydrogen-bond donors (Lipinski definition) is 2. The summed E-state index contributed by atoms with van der Waals surface area (Å²) in [5, 5.41) is 21.2. The second-order valence-corrected chi connectivity index (χ2v) is 11.7. The molecular formula is C34H39F2N5O2. The second kappa shape index (κ2) is 13.3. The summed E-state index contributed by atoms with van der Waals surface area (Å²) < 4.78 is 28.7. The molecule has 3 fully saturated rings. The molecule has 2 unspecified atom stereocenters. The topological polar surface area (TPSA) is 84.5 Å². The summed E-state index contributed by atoms with van der Waals surface area (Å²) in [4.78, 5) is 16.9. The summed E-state index contributed by atoms with van der Waals surface area (Å²) in [6.45, 7) is 8.25. The van der Waals surface area contributed by atoms with Crippen LogP contribution in [0.5, 0.6) is 0 Å². The highest BCUT2D eigenvalue weighted by molar-refractivity contribution is 6.05. The molecule has 0 saturated carbocycles. The van der Waals surface area contributed by atoms with Crippen molar-refractivity contribution in [3.63, 3.8) is 0 Å². The Kier molecular flexibility index (Phi) is 9.50. The molecule has 0 amide bonds. The van der Waals surface area contributed by atoms with Crippen LogP contribution in [-0.4, -0.2) is 88.3 Å². The van der Waals surface area contributed by atoms with E-state index < -0.39 is 24.8 Å². The zero-order chi connectivity index (χ0) is 30.6. The van der Waals surface area contributed by atoms with E-state index >= 15 is 4.39 Å². The third-order valence-corrected chi connectivity index (χ3v) is 8.91. The van der Waals surface area contributed by atoms with Crippen LogP contribution in [0, 0.1) is 18.2 Å². The van der Waals surface area contributed by atoms with E-state index in [9.17, 15) is 14.6 Å². The van der Waals surface area contributed by atoms with Crippen LogP contribution in [-0.2, 0) is 0 Å². The zero-order valence-corrected chi connectivity index (χ0v) is 24.6. The number of aliphatic imine (C=N–C) groups is 2. The lowest BCUT2D eigenvalue weighted by atomic mass is 9.96. The number of rotatable bonds is 4. The second-order valence-electron chi connectivity index (χ2n) is 11.7. The number of likely N-dealkylation sites (tertiary alicyclic amines) is 1. The molecule has 226 valence electrons. The summed E-state index contributed by atoms with van der Waals surface area (Å²) in [6, 6.07) is 11.1. The third-order valence-electron chi connectivity index (χ3n) is 8.91. The van der Waals surface area contributed by atoms with Crippen molar-refractivity contribution in [2.75, 3.05) is 32.9 Å². The van der Waals surface area contributed by atoms with Crippen LogP contribution in [0.25, 0.3) is 22.0 Å². The first-order valence-corrected chi connectivity index (χ1v) is 14.9. The van der Waals surface area contributed by atoms with Crippen molar-refractivity contribution >= 4 is 29.0 Å². The van der Waals surface area contributed by atoms with Gasteiger partial charge >= 0.3 is 0 Å². The molecule has 2 N–H and O–H groups in total. The van der Waals surface area contributed by atoms with Crippen LogP contribution >= 0.6 is 0 Å². The maximum atomic E-state index is 15.9. The van der Waals surface area contributed by atoms with Crippen molar-refractivity contribution in [1.82, 2.24) is 14.8 Å². The number of benzene rings is 2. The fourth-order valence-corrected chi connectivity index (χ4v) is 6.76. The lowest BCUT2D eigenvalue weighted by Gasteiger charge is -2.25. The van der Waals surface area contributed by atoms with E-state index in [2.05, 4.69) is 39.4 Å². The van der Waals surface area contributed by atoms with Gasteiger partial charge in [0.2, 0.25) is 0 Å². The van der Waals surface area contributed by atoms with Gasteiger partial charge in [0.15, 0.2) is 5.82 Å². The van der Waals surface area contributed by atoms with Gasteiger partial charge < -0.3 is 15.1 Å². The molecule has 6 rings (SSSR count). The van der Waals surface area contributed by atoms with Crippen LogP contribution in [0.4, 0.5) is 14.5 Å². The van der Waals surface area contributed by atoms with Gasteiger partial charge in [0, 0.05) is 47.9 Å². The van der Waals surface area contributed by atoms with Gasteiger partial charge in [0.25, 0.3) is 0 Å². The number of aromatic nitrogens is 1. The number of aliphatic hydroxyl groups is 2. The van der Waals surface area contributed by atoms with Gasteiger partial charge in [0.1, 0.15) is 30.1 Å². The summed E-state index contributed by atoms with van der Waals surface area (Å²) in [5.41, 5.74) is 1.91. The average molecular weight is 588 g/mol. The standard InChI is InChI=1S/C26H25FN4O2.C8H14FN/c1-3-17-7-4-8-18-9-5-11-20(22(17)18)25-23(27)24(28-2)21(15-29-25)26(30-16-32)31-13-6-10-19(33)12-14-31;1-8-3-2-4-10(8)6-7(9)5-8/h1,4-5,7-9,11,15,19,32-33H,2,6,10,12-14,16H2;7H,2-6H2,1H3/b30-26+;/t;7?,8-/m.0/s1. The molecule has 0 bridgehead atoms. The fraction of sp³-hybridized carbons (Fsp3) is 0.441. The van der Waals surface area contributed by atoms with E-state index in [1.807, 2.05) is 35.2 Å². The van der Waals surface area contributed by atoms with Crippen molar-refractivity contribution in [3.05, 3.63) is 59.5 Å². The molecular weight excluding hydrogens is 548 g/mol. The van der Waals surface area contributed by atoms with Crippen molar-refractivity contribution in [2.24, 2.45) is 9.98 Å². The van der Waals surface area contributed by atoms with Gasteiger partial charge in [-0.05, 0) is 70.2 Å². The first kappa shape index (κ1) is 30.7. The minimum Gasteiger partial charge on any atom is -0.393 e. The molecule has 3 aromatic rings. The van der Waals surface area contributed by atoms with Crippen LogP contribution in [0.1, 0.15) is 56.6 Å². The Hall–Kier alpha value is -3.71. The Balaban J connectivity index is 0.000000308. The minimum atomic E-state index is -0.637. The molecule has 0 aliphatic carbocycles. The molecule has 9 heteroatoms. The molecule has 3 atom stereocenters. The fourth-order valence-electron chi connectivity index (χ4n) is 6.76. The highest BCUT2D eigenvalue weighted by Gasteiger charge is 2.44. The van der Waals surface area contributed by atoms with E-state index in [1.165, 1.54) is 19.0 Å². The third kappa shape index (κ3) is 6.32. The van der Waals surface area contributed by atoms with Crippen molar-refractivity contribution in [2.45, 2.75) is 63.3 Å². The number of aliphatic hydroxyl groups excluding tert-OH is 2. The first-order valence-electron chi connectivity index (χ1n) is 14.9. The average Bonchev–Trinajstić information content (AvgIpc) is 3.39. The van der Waals surface area contributed by atoms with Gasteiger partial charge in [-0.2, -0.15) is 0 Å². The number of terminal acetylenes is 1. The number of nitrogens with zero attached hydrogens (tertiary/aromatic N) is 5. The highest BCUT2D eigenvalue weighted by Crippen LogP contribution is 2.39. The molecule has 3 aliphatic rings.